The number of nitrogens with one attached hydrogen (secondary N) is 1. The fourth-order valence-corrected chi connectivity index (χ4v) is 3.33. The summed E-state index contributed by atoms with van der Waals surface area (Å²) in [5.74, 6) is 0.353. The van der Waals surface area contributed by atoms with Crippen LogP contribution in [0.3, 0.4) is 0 Å². The van der Waals surface area contributed by atoms with E-state index < -0.39 is 0 Å². The maximum atomic E-state index is 12.5. The summed E-state index contributed by atoms with van der Waals surface area (Å²) in [6.45, 7) is 0.0594. The zero-order valence-electron chi connectivity index (χ0n) is 13.4. The summed E-state index contributed by atoms with van der Waals surface area (Å²) in [7, 11) is 1.58. The molecule has 1 saturated heterocycles. The van der Waals surface area contributed by atoms with E-state index in [1.165, 1.54) is 0 Å². The van der Waals surface area contributed by atoms with Crippen LogP contribution in [0, 0.1) is 0 Å². The Balaban J connectivity index is 1.73. The molecule has 2 aromatic carbocycles. The predicted octanol–water partition coefficient (Wildman–Crippen LogP) is 4.45. The zero-order valence-corrected chi connectivity index (χ0v) is 14.9. The number of nitrogens with zero attached hydrogens (tertiary/aromatic N) is 1. The monoisotopic (exact) mass is 374 g/mol. The summed E-state index contributed by atoms with van der Waals surface area (Å²) >= 11 is 6.98. The van der Waals surface area contributed by atoms with Crippen LogP contribution < -0.4 is 10.1 Å². The van der Waals surface area contributed by atoms with Crippen molar-refractivity contribution in [3.05, 3.63) is 64.0 Å². The highest BCUT2D eigenvalue weighted by atomic mass is 35.5. The molecule has 1 N–H and O–H groups in total. The number of carbonyl (C=O) groups excluding carboxylic acids is 2. The third kappa shape index (κ3) is 3.97. The summed E-state index contributed by atoms with van der Waals surface area (Å²) in [6, 6.07) is 14.4. The molecule has 1 aliphatic heterocycles. The lowest BCUT2D eigenvalue weighted by molar-refractivity contribution is -0.122. The standard InChI is InChI=1S/C18H15ClN2O3S/c1-24-13-6-4-5-12(9-13)10-16-17(22)21(18(23)25-16)11-20-15-8-3-2-7-14(15)19/h2-10,20H,11H2,1H3. The molecule has 128 valence electrons. The molecule has 1 aliphatic rings. The molecule has 7 heteroatoms. The second-order valence-electron chi connectivity index (χ2n) is 5.20. The van der Waals surface area contributed by atoms with Gasteiger partial charge in [0, 0.05) is 0 Å². The normalized spacial score (nSPS) is 15.8. The maximum absolute atomic E-state index is 12.5. The van der Waals surface area contributed by atoms with Crippen molar-refractivity contribution < 1.29 is 14.3 Å². The molecule has 0 bridgehead atoms. The lowest BCUT2D eigenvalue weighted by atomic mass is 10.2. The van der Waals surface area contributed by atoms with Gasteiger partial charge in [-0.05, 0) is 47.7 Å². The van der Waals surface area contributed by atoms with Crippen LogP contribution in [0.2, 0.25) is 5.02 Å². The van der Waals surface area contributed by atoms with Crippen molar-refractivity contribution in [3.63, 3.8) is 0 Å². The molecular formula is C18H15ClN2O3S. The van der Waals surface area contributed by atoms with E-state index >= 15 is 0 Å². The Hall–Kier alpha value is -2.44. The third-order valence-electron chi connectivity index (χ3n) is 3.57. The third-order valence-corrected chi connectivity index (χ3v) is 4.80. The molecule has 0 aliphatic carbocycles. The average Bonchev–Trinajstić information content (AvgIpc) is 2.88. The number of halogens is 1. The quantitative estimate of drug-likeness (QED) is 0.783. The number of para-hydroxylation sites is 1. The van der Waals surface area contributed by atoms with E-state index in [-0.39, 0.29) is 17.8 Å². The summed E-state index contributed by atoms with van der Waals surface area (Å²) in [5, 5.41) is 3.22. The smallest absolute Gasteiger partial charge is 0.295 e. The van der Waals surface area contributed by atoms with Gasteiger partial charge >= 0.3 is 0 Å². The highest BCUT2D eigenvalue weighted by molar-refractivity contribution is 8.18. The number of amides is 2. The van der Waals surface area contributed by atoms with Gasteiger partial charge in [-0.2, -0.15) is 0 Å². The van der Waals surface area contributed by atoms with E-state index in [1.54, 1.807) is 31.4 Å². The van der Waals surface area contributed by atoms with Gasteiger partial charge in [0.15, 0.2) is 0 Å². The van der Waals surface area contributed by atoms with Gasteiger partial charge in [-0.25, -0.2) is 0 Å². The highest BCUT2D eigenvalue weighted by Gasteiger charge is 2.34. The minimum Gasteiger partial charge on any atom is -0.497 e. The summed E-state index contributed by atoms with van der Waals surface area (Å²) in [5.41, 5.74) is 1.46. The minimum atomic E-state index is -0.336. The van der Waals surface area contributed by atoms with Gasteiger partial charge in [0.25, 0.3) is 11.1 Å². The first-order valence-corrected chi connectivity index (χ1v) is 8.66. The van der Waals surface area contributed by atoms with Gasteiger partial charge < -0.3 is 10.1 Å². The molecule has 5 nitrogen and oxygen atoms in total. The molecule has 2 amide bonds. The van der Waals surface area contributed by atoms with Crippen LogP contribution in [0.1, 0.15) is 5.56 Å². The van der Waals surface area contributed by atoms with E-state index in [0.29, 0.717) is 21.4 Å². The average molecular weight is 375 g/mol. The zero-order chi connectivity index (χ0) is 17.8. The second kappa shape index (κ2) is 7.63. The van der Waals surface area contributed by atoms with Crippen molar-refractivity contribution in [3.8, 4) is 5.75 Å². The first-order chi connectivity index (χ1) is 12.1. The van der Waals surface area contributed by atoms with E-state index in [2.05, 4.69) is 5.32 Å². The van der Waals surface area contributed by atoms with E-state index in [4.69, 9.17) is 16.3 Å². The molecule has 0 spiro atoms. The fourth-order valence-electron chi connectivity index (χ4n) is 2.29. The number of thioether (sulfide) groups is 1. The van der Waals surface area contributed by atoms with Crippen LogP contribution in [-0.2, 0) is 4.79 Å². The lowest BCUT2D eigenvalue weighted by Gasteiger charge is -2.15. The van der Waals surface area contributed by atoms with Crippen LogP contribution >= 0.6 is 23.4 Å². The van der Waals surface area contributed by atoms with Crippen molar-refractivity contribution >= 4 is 46.3 Å². The van der Waals surface area contributed by atoms with Crippen LogP contribution in [-0.4, -0.2) is 29.8 Å². The number of carbonyl (C=O) groups is 2. The topological polar surface area (TPSA) is 58.6 Å². The number of benzene rings is 2. The SMILES string of the molecule is COc1cccc(C=C2SC(=O)N(CNc3ccccc3Cl)C2=O)c1. The van der Waals surface area contributed by atoms with Crippen molar-refractivity contribution in [2.45, 2.75) is 0 Å². The Morgan fingerprint density at radius 3 is 2.76 bits per heavy atom. The first-order valence-electron chi connectivity index (χ1n) is 7.46. The van der Waals surface area contributed by atoms with Gasteiger partial charge in [-0.3, -0.25) is 14.5 Å². The molecule has 25 heavy (non-hydrogen) atoms. The van der Waals surface area contributed by atoms with Crippen molar-refractivity contribution in [2.24, 2.45) is 0 Å². The Kier molecular flexibility index (Phi) is 5.31. The minimum absolute atomic E-state index is 0.0594. The van der Waals surface area contributed by atoms with E-state index in [9.17, 15) is 9.59 Å². The second-order valence-corrected chi connectivity index (χ2v) is 6.60. The number of imide groups is 1. The molecule has 1 heterocycles. The number of rotatable bonds is 5. The summed E-state index contributed by atoms with van der Waals surface area (Å²) in [6.07, 6.45) is 1.68. The van der Waals surface area contributed by atoms with Gasteiger partial charge in [-0.15, -0.1) is 0 Å². The fraction of sp³-hybridized carbons (Fsp3) is 0.111. The highest BCUT2D eigenvalue weighted by Crippen LogP contribution is 2.32. The van der Waals surface area contributed by atoms with E-state index in [1.807, 2.05) is 30.3 Å². The van der Waals surface area contributed by atoms with Gasteiger partial charge in [-0.1, -0.05) is 35.9 Å². The molecule has 1 fully saturated rings. The largest absolute Gasteiger partial charge is 0.497 e. The number of hydrogen-bond donors (Lipinski definition) is 1. The maximum Gasteiger partial charge on any atom is 0.295 e. The summed E-state index contributed by atoms with van der Waals surface area (Å²) < 4.78 is 5.17. The number of ether oxygens (including phenoxy) is 1. The molecule has 2 aromatic rings. The number of methoxy groups -OCH3 is 1. The Morgan fingerprint density at radius 1 is 1.20 bits per heavy atom. The van der Waals surface area contributed by atoms with Crippen LogP contribution in [0.15, 0.2) is 53.4 Å². The first kappa shape index (κ1) is 17.4. The van der Waals surface area contributed by atoms with Crippen molar-refractivity contribution in [1.29, 1.82) is 0 Å². The predicted molar refractivity (Wildman–Crippen MR) is 101 cm³/mol. The molecule has 0 aromatic heterocycles. The number of hydrogen-bond acceptors (Lipinski definition) is 5. The van der Waals surface area contributed by atoms with Crippen LogP contribution in [0.5, 0.6) is 5.75 Å². The summed E-state index contributed by atoms with van der Waals surface area (Å²) in [4.78, 5) is 26.2. The van der Waals surface area contributed by atoms with Crippen molar-refractivity contribution in [1.82, 2.24) is 4.90 Å². The molecule has 3 rings (SSSR count). The van der Waals surface area contributed by atoms with Gasteiger partial charge in [0.1, 0.15) is 5.75 Å². The Morgan fingerprint density at radius 2 is 2.00 bits per heavy atom. The Bertz CT molecular complexity index is 854. The lowest BCUT2D eigenvalue weighted by Crippen LogP contribution is -2.33. The molecule has 0 radical (unpaired) electrons. The molecule has 0 unspecified atom stereocenters. The van der Waals surface area contributed by atoms with Crippen molar-refractivity contribution in [2.75, 3.05) is 19.1 Å². The molecular weight excluding hydrogens is 360 g/mol. The van der Waals surface area contributed by atoms with Crippen LogP contribution in [0.4, 0.5) is 10.5 Å². The Labute approximate surface area is 154 Å². The molecule has 0 atom stereocenters. The van der Waals surface area contributed by atoms with Crippen LogP contribution in [0.25, 0.3) is 6.08 Å². The van der Waals surface area contributed by atoms with E-state index in [0.717, 1.165) is 22.2 Å². The van der Waals surface area contributed by atoms with Gasteiger partial charge in [0.2, 0.25) is 0 Å². The number of anilines is 1. The molecule has 0 saturated carbocycles. The van der Waals surface area contributed by atoms with Gasteiger partial charge in [0.05, 0.1) is 29.4 Å².